The maximum absolute atomic E-state index is 13.7. The third-order valence-corrected chi connectivity index (χ3v) is 3.25. The molecule has 1 atom stereocenters. The molecule has 0 amide bonds. The van der Waals surface area contributed by atoms with Gasteiger partial charge < -0.3 is 5.73 Å². The van der Waals surface area contributed by atoms with Crippen LogP contribution in [0.3, 0.4) is 0 Å². The van der Waals surface area contributed by atoms with Crippen molar-refractivity contribution < 1.29 is 8.78 Å². The molecule has 0 heterocycles. The lowest BCUT2D eigenvalue weighted by atomic mass is 9.86. The monoisotopic (exact) mass is 261 g/mol. The first-order chi connectivity index (χ1) is 8.88. The van der Waals surface area contributed by atoms with Gasteiger partial charge in [0.15, 0.2) is 0 Å². The summed E-state index contributed by atoms with van der Waals surface area (Å²) in [5.41, 5.74) is 8.07. The van der Waals surface area contributed by atoms with Gasteiger partial charge in [-0.1, -0.05) is 35.9 Å². The van der Waals surface area contributed by atoms with E-state index in [2.05, 4.69) is 0 Å². The van der Waals surface area contributed by atoms with E-state index < -0.39 is 17.2 Å². The van der Waals surface area contributed by atoms with Gasteiger partial charge in [0.05, 0.1) is 0 Å². The van der Waals surface area contributed by atoms with Crippen LogP contribution in [-0.4, -0.2) is 0 Å². The zero-order chi connectivity index (χ0) is 14.0. The average molecular weight is 261 g/mol. The number of halogens is 2. The van der Waals surface area contributed by atoms with E-state index >= 15 is 0 Å². The summed E-state index contributed by atoms with van der Waals surface area (Å²) in [5.74, 6) is -1.13. The maximum atomic E-state index is 13.7. The van der Waals surface area contributed by atoms with E-state index in [9.17, 15) is 8.78 Å². The van der Waals surface area contributed by atoms with Gasteiger partial charge in [0.2, 0.25) is 0 Å². The third-order valence-electron chi connectivity index (χ3n) is 3.25. The van der Waals surface area contributed by atoms with Gasteiger partial charge in [-0.25, -0.2) is 8.78 Å². The Labute approximate surface area is 112 Å². The van der Waals surface area contributed by atoms with Gasteiger partial charge in [-0.15, -0.1) is 0 Å². The van der Waals surface area contributed by atoms with Crippen molar-refractivity contribution >= 4 is 0 Å². The largest absolute Gasteiger partial charge is 0.321 e. The highest BCUT2D eigenvalue weighted by Crippen LogP contribution is 2.25. The molecule has 2 aromatic carbocycles. The van der Waals surface area contributed by atoms with Crippen LogP contribution in [0.1, 0.15) is 23.6 Å². The molecule has 0 aromatic heterocycles. The molecule has 2 aromatic rings. The summed E-state index contributed by atoms with van der Waals surface area (Å²) in [6.45, 7) is 3.84. The molecule has 0 aliphatic rings. The third kappa shape index (κ3) is 3.18. The molecule has 3 heteroatoms. The second-order valence-electron chi connectivity index (χ2n) is 5.20. The minimum absolute atomic E-state index is 0.322. The standard InChI is InChI=1S/C16H17F2N/c1-11-4-3-5-13(8-11)16(2,19)10-12-6-7-14(17)9-15(12)18/h3-9H,10,19H2,1-2H3. The van der Waals surface area contributed by atoms with Crippen LogP contribution in [0, 0.1) is 18.6 Å². The van der Waals surface area contributed by atoms with Gasteiger partial charge in [-0.2, -0.15) is 0 Å². The lowest BCUT2D eigenvalue weighted by Gasteiger charge is -2.26. The predicted octanol–water partition coefficient (Wildman–Crippen LogP) is 3.69. The van der Waals surface area contributed by atoms with Crippen molar-refractivity contribution in [3.8, 4) is 0 Å². The van der Waals surface area contributed by atoms with Crippen molar-refractivity contribution in [2.45, 2.75) is 25.8 Å². The number of benzene rings is 2. The summed E-state index contributed by atoms with van der Waals surface area (Å²) < 4.78 is 26.6. The van der Waals surface area contributed by atoms with Crippen LogP contribution < -0.4 is 5.73 Å². The molecule has 0 aliphatic carbocycles. The van der Waals surface area contributed by atoms with E-state index in [0.717, 1.165) is 17.2 Å². The van der Waals surface area contributed by atoms with Crippen LogP contribution in [0.2, 0.25) is 0 Å². The smallest absolute Gasteiger partial charge is 0.129 e. The molecule has 2 N–H and O–H groups in total. The van der Waals surface area contributed by atoms with Crippen LogP contribution in [0.25, 0.3) is 0 Å². The lowest BCUT2D eigenvalue weighted by Crippen LogP contribution is -2.35. The number of hydrogen-bond donors (Lipinski definition) is 1. The van der Waals surface area contributed by atoms with Crippen LogP contribution >= 0.6 is 0 Å². The van der Waals surface area contributed by atoms with Gasteiger partial charge in [0.25, 0.3) is 0 Å². The summed E-state index contributed by atoms with van der Waals surface area (Å²) in [6, 6.07) is 11.4. The van der Waals surface area contributed by atoms with Crippen LogP contribution in [-0.2, 0) is 12.0 Å². The average Bonchev–Trinajstić information content (AvgIpc) is 2.33. The van der Waals surface area contributed by atoms with Gasteiger partial charge in [0, 0.05) is 11.6 Å². The molecule has 0 bridgehead atoms. The first-order valence-corrected chi connectivity index (χ1v) is 6.18. The molecule has 0 aliphatic heterocycles. The minimum atomic E-state index is -0.690. The van der Waals surface area contributed by atoms with E-state index in [-0.39, 0.29) is 0 Å². The topological polar surface area (TPSA) is 26.0 Å². The fourth-order valence-electron chi connectivity index (χ4n) is 2.16. The Morgan fingerprint density at radius 3 is 2.47 bits per heavy atom. The summed E-state index contributed by atoms with van der Waals surface area (Å²) in [6.07, 6.45) is 0.322. The Bertz CT molecular complexity index is 591. The molecule has 100 valence electrons. The van der Waals surface area contributed by atoms with Crippen molar-refractivity contribution in [2.24, 2.45) is 5.73 Å². The van der Waals surface area contributed by atoms with Crippen molar-refractivity contribution in [1.82, 2.24) is 0 Å². The summed E-state index contributed by atoms with van der Waals surface area (Å²) in [7, 11) is 0. The molecule has 0 saturated carbocycles. The summed E-state index contributed by atoms with van der Waals surface area (Å²) in [5, 5.41) is 0. The number of aryl methyl sites for hydroxylation is 1. The van der Waals surface area contributed by atoms with Crippen molar-refractivity contribution in [3.63, 3.8) is 0 Å². The van der Waals surface area contributed by atoms with Gasteiger partial charge >= 0.3 is 0 Å². The number of rotatable bonds is 3. The fourth-order valence-corrected chi connectivity index (χ4v) is 2.16. The molecule has 1 unspecified atom stereocenters. The van der Waals surface area contributed by atoms with Crippen molar-refractivity contribution in [2.75, 3.05) is 0 Å². The van der Waals surface area contributed by atoms with Gasteiger partial charge in [-0.3, -0.25) is 0 Å². The first kappa shape index (κ1) is 13.7. The predicted molar refractivity (Wildman–Crippen MR) is 72.8 cm³/mol. The SMILES string of the molecule is Cc1cccc(C(C)(N)Cc2ccc(F)cc2F)c1. The molecule has 0 radical (unpaired) electrons. The van der Waals surface area contributed by atoms with Crippen molar-refractivity contribution in [1.29, 1.82) is 0 Å². The zero-order valence-electron chi connectivity index (χ0n) is 11.1. The van der Waals surface area contributed by atoms with E-state index in [0.29, 0.717) is 12.0 Å². The Morgan fingerprint density at radius 2 is 1.84 bits per heavy atom. The Morgan fingerprint density at radius 1 is 1.11 bits per heavy atom. The molecule has 0 spiro atoms. The highest BCUT2D eigenvalue weighted by molar-refractivity contribution is 5.31. The van der Waals surface area contributed by atoms with E-state index in [1.54, 1.807) is 0 Å². The highest BCUT2D eigenvalue weighted by Gasteiger charge is 2.23. The Kier molecular flexibility index (Phi) is 3.67. The molecule has 2 rings (SSSR count). The highest BCUT2D eigenvalue weighted by atomic mass is 19.1. The first-order valence-electron chi connectivity index (χ1n) is 6.18. The molecular formula is C16H17F2N. The molecular weight excluding hydrogens is 244 g/mol. The second kappa shape index (κ2) is 5.10. The molecule has 0 fully saturated rings. The second-order valence-corrected chi connectivity index (χ2v) is 5.20. The lowest BCUT2D eigenvalue weighted by molar-refractivity contribution is 0.472. The summed E-state index contributed by atoms with van der Waals surface area (Å²) >= 11 is 0. The van der Waals surface area contributed by atoms with E-state index in [1.807, 2.05) is 38.1 Å². The minimum Gasteiger partial charge on any atom is -0.321 e. The normalized spacial score (nSPS) is 14.2. The fraction of sp³-hybridized carbons (Fsp3) is 0.250. The van der Waals surface area contributed by atoms with Crippen LogP contribution in [0.5, 0.6) is 0 Å². The Hall–Kier alpha value is -1.74. The van der Waals surface area contributed by atoms with Crippen LogP contribution in [0.15, 0.2) is 42.5 Å². The van der Waals surface area contributed by atoms with E-state index in [4.69, 9.17) is 5.73 Å². The van der Waals surface area contributed by atoms with E-state index in [1.165, 1.54) is 12.1 Å². The quantitative estimate of drug-likeness (QED) is 0.896. The Balaban J connectivity index is 2.30. The summed E-state index contributed by atoms with van der Waals surface area (Å²) in [4.78, 5) is 0. The molecule has 0 saturated heterocycles. The van der Waals surface area contributed by atoms with Crippen LogP contribution in [0.4, 0.5) is 8.78 Å². The number of nitrogens with two attached hydrogens (primary N) is 1. The van der Waals surface area contributed by atoms with Crippen molar-refractivity contribution in [3.05, 3.63) is 70.8 Å². The number of hydrogen-bond acceptors (Lipinski definition) is 1. The zero-order valence-corrected chi connectivity index (χ0v) is 11.1. The van der Waals surface area contributed by atoms with Gasteiger partial charge in [0.1, 0.15) is 11.6 Å². The van der Waals surface area contributed by atoms with Gasteiger partial charge in [-0.05, 0) is 37.5 Å². The maximum Gasteiger partial charge on any atom is 0.129 e. The molecule has 1 nitrogen and oxygen atoms in total. The molecule has 19 heavy (non-hydrogen) atoms.